The van der Waals surface area contributed by atoms with Gasteiger partial charge in [-0.05, 0) is 6.07 Å². The molecule has 0 radical (unpaired) electrons. The first-order chi connectivity index (χ1) is 7.66. The second-order valence-electron chi connectivity index (χ2n) is 3.73. The van der Waals surface area contributed by atoms with Gasteiger partial charge in [-0.3, -0.25) is 4.98 Å². The van der Waals surface area contributed by atoms with Crippen molar-refractivity contribution in [1.82, 2.24) is 4.98 Å². The monoisotopic (exact) mass is 222 g/mol. The third-order valence-corrected chi connectivity index (χ3v) is 2.60. The van der Waals surface area contributed by atoms with E-state index in [1.807, 2.05) is 6.07 Å². The number of nitrogen functional groups attached to an aromatic ring is 1. The Morgan fingerprint density at radius 2 is 2.44 bits per heavy atom. The summed E-state index contributed by atoms with van der Waals surface area (Å²) in [5.74, 6) is 0. The molecule has 0 aliphatic carbocycles. The molecular weight excluding hydrogens is 208 g/mol. The van der Waals surface area contributed by atoms with Crippen molar-refractivity contribution in [2.24, 2.45) is 5.73 Å². The summed E-state index contributed by atoms with van der Waals surface area (Å²) < 4.78 is 4.94. The van der Waals surface area contributed by atoms with Crippen LogP contribution in [-0.4, -0.2) is 30.3 Å². The van der Waals surface area contributed by atoms with E-state index in [1.165, 1.54) is 0 Å². The lowest BCUT2D eigenvalue weighted by Gasteiger charge is -2.19. The number of aromatic nitrogens is 1. The van der Waals surface area contributed by atoms with E-state index in [0.717, 1.165) is 18.7 Å². The van der Waals surface area contributed by atoms with E-state index in [1.54, 1.807) is 12.4 Å². The van der Waals surface area contributed by atoms with Gasteiger partial charge in [-0.15, -0.1) is 0 Å². The maximum atomic E-state index is 10.6. The van der Waals surface area contributed by atoms with Gasteiger partial charge >= 0.3 is 6.09 Å². The van der Waals surface area contributed by atoms with Crippen LogP contribution in [0.25, 0.3) is 0 Å². The lowest BCUT2D eigenvalue weighted by atomic mass is 10.3. The van der Waals surface area contributed by atoms with E-state index in [4.69, 9.17) is 16.2 Å². The number of carbonyl (C=O) groups excluding carboxylic acids is 1. The molecule has 86 valence electrons. The van der Waals surface area contributed by atoms with Crippen LogP contribution in [0.4, 0.5) is 16.2 Å². The van der Waals surface area contributed by atoms with Gasteiger partial charge < -0.3 is 21.1 Å². The second-order valence-corrected chi connectivity index (χ2v) is 3.73. The average molecular weight is 222 g/mol. The second kappa shape index (κ2) is 4.26. The molecule has 1 amide bonds. The maximum Gasteiger partial charge on any atom is 0.404 e. The highest BCUT2D eigenvalue weighted by Gasteiger charge is 2.26. The highest BCUT2D eigenvalue weighted by atomic mass is 16.6. The zero-order valence-corrected chi connectivity index (χ0v) is 8.80. The van der Waals surface area contributed by atoms with Crippen LogP contribution in [0.3, 0.4) is 0 Å². The van der Waals surface area contributed by atoms with Gasteiger partial charge in [-0.2, -0.15) is 0 Å². The number of anilines is 2. The molecule has 0 spiro atoms. The number of rotatable bonds is 2. The van der Waals surface area contributed by atoms with E-state index >= 15 is 0 Å². The molecule has 0 bridgehead atoms. The largest absolute Gasteiger partial charge is 0.444 e. The van der Waals surface area contributed by atoms with Gasteiger partial charge in [-0.1, -0.05) is 0 Å². The van der Waals surface area contributed by atoms with Crippen LogP contribution in [0, 0.1) is 0 Å². The predicted octanol–water partition coefficient (Wildman–Crippen LogP) is 0.338. The number of carbonyl (C=O) groups is 1. The van der Waals surface area contributed by atoms with Crippen molar-refractivity contribution < 1.29 is 9.53 Å². The summed E-state index contributed by atoms with van der Waals surface area (Å²) in [5.41, 5.74) is 12.3. The molecule has 1 aliphatic rings. The Kier molecular flexibility index (Phi) is 2.80. The number of amides is 1. The SMILES string of the molecule is NC(=O)O[C@@H]1CCN(c2ccncc2N)C1. The first-order valence-electron chi connectivity index (χ1n) is 5.07. The summed E-state index contributed by atoms with van der Waals surface area (Å²) in [5, 5.41) is 0. The number of hydrogen-bond donors (Lipinski definition) is 2. The van der Waals surface area contributed by atoms with E-state index in [9.17, 15) is 4.79 Å². The molecule has 1 aromatic rings. The zero-order chi connectivity index (χ0) is 11.5. The lowest BCUT2D eigenvalue weighted by Crippen LogP contribution is -2.27. The molecule has 2 heterocycles. The molecule has 0 saturated carbocycles. The van der Waals surface area contributed by atoms with E-state index in [2.05, 4.69) is 9.88 Å². The Morgan fingerprint density at radius 1 is 1.62 bits per heavy atom. The highest BCUT2D eigenvalue weighted by molar-refractivity contribution is 5.67. The van der Waals surface area contributed by atoms with Crippen LogP contribution in [0.15, 0.2) is 18.5 Å². The molecular formula is C10H14N4O2. The molecule has 1 aliphatic heterocycles. The Hall–Kier alpha value is -1.98. The Morgan fingerprint density at radius 3 is 3.12 bits per heavy atom. The third kappa shape index (κ3) is 2.16. The molecule has 1 atom stereocenters. The fourth-order valence-electron chi connectivity index (χ4n) is 1.89. The predicted molar refractivity (Wildman–Crippen MR) is 59.9 cm³/mol. The van der Waals surface area contributed by atoms with Crippen molar-refractivity contribution in [2.75, 3.05) is 23.7 Å². The summed E-state index contributed by atoms with van der Waals surface area (Å²) >= 11 is 0. The van der Waals surface area contributed by atoms with Crippen molar-refractivity contribution in [3.63, 3.8) is 0 Å². The average Bonchev–Trinajstić information content (AvgIpc) is 2.66. The van der Waals surface area contributed by atoms with Crippen molar-refractivity contribution in [2.45, 2.75) is 12.5 Å². The fourth-order valence-corrected chi connectivity index (χ4v) is 1.89. The van der Waals surface area contributed by atoms with Crippen LogP contribution < -0.4 is 16.4 Å². The first-order valence-corrected chi connectivity index (χ1v) is 5.07. The van der Waals surface area contributed by atoms with Gasteiger partial charge in [0, 0.05) is 19.2 Å². The molecule has 1 aromatic heterocycles. The van der Waals surface area contributed by atoms with Crippen LogP contribution in [0.5, 0.6) is 0 Å². The Balaban J connectivity index is 2.04. The maximum absolute atomic E-state index is 10.6. The van der Waals surface area contributed by atoms with Crippen molar-refractivity contribution in [3.05, 3.63) is 18.5 Å². The van der Waals surface area contributed by atoms with Gasteiger partial charge in [0.25, 0.3) is 0 Å². The summed E-state index contributed by atoms with van der Waals surface area (Å²) in [6, 6.07) is 1.85. The molecule has 4 N–H and O–H groups in total. The quantitative estimate of drug-likeness (QED) is 0.752. The van der Waals surface area contributed by atoms with Crippen LogP contribution in [0.1, 0.15) is 6.42 Å². The lowest BCUT2D eigenvalue weighted by molar-refractivity contribution is 0.117. The number of hydrogen-bond acceptors (Lipinski definition) is 5. The van der Waals surface area contributed by atoms with E-state index < -0.39 is 6.09 Å². The molecule has 16 heavy (non-hydrogen) atoms. The smallest absolute Gasteiger partial charge is 0.404 e. The molecule has 6 nitrogen and oxygen atoms in total. The number of nitrogens with two attached hydrogens (primary N) is 2. The highest BCUT2D eigenvalue weighted by Crippen LogP contribution is 2.26. The summed E-state index contributed by atoms with van der Waals surface area (Å²) in [6.07, 6.45) is 3.19. The third-order valence-electron chi connectivity index (χ3n) is 2.60. The normalized spacial score (nSPS) is 19.8. The van der Waals surface area contributed by atoms with Gasteiger partial charge in [-0.25, -0.2) is 4.79 Å². The van der Waals surface area contributed by atoms with E-state index in [0.29, 0.717) is 12.2 Å². The van der Waals surface area contributed by atoms with Gasteiger partial charge in [0.1, 0.15) is 6.10 Å². The van der Waals surface area contributed by atoms with Gasteiger partial charge in [0.05, 0.1) is 24.1 Å². The van der Waals surface area contributed by atoms with Crippen LogP contribution >= 0.6 is 0 Å². The number of ether oxygens (including phenoxy) is 1. The summed E-state index contributed by atoms with van der Waals surface area (Å²) in [4.78, 5) is 16.6. The van der Waals surface area contributed by atoms with Crippen LogP contribution in [0.2, 0.25) is 0 Å². The molecule has 1 saturated heterocycles. The minimum atomic E-state index is -0.727. The molecule has 0 aromatic carbocycles. The Bertz CT molecular complexity index is 396. The van der Waals surface area contributed by atoms with Gasteiger partial charge in [0.15, 0.2) is 0 Å². The molecule has 1 fully saturated rings. The molecule has 6 heteroatoms. The summed E-state index contributed by atoms with van der Waals surface area (Å²) in [7, 11) is 0. The zero-order valence-electron chi connectivity index (χ0n) is 8.80. The fraction of sp³-hybridized carbons (Fsp3) is 0.400. The minimum Gasteiger partial charge on any atom is -0.444 e. The number of pyridine rings is 1. The Labute approximate surface area is 93.2 Å². The molecule has 2 rings (SSSR count). The molecule has 0 unspecified atom stereocenters. The van der Waals surface area contributed by atoms with E-state index in [-0.39, 0.29) is 6.10 Å². The number of primary amides is 1. The standard InChI is InChI=1S/C10H14N4O2/c11-8-5-13-3-1-9(8)14-4-2-7(6-14)16-10(12)15/h1,3,5,7H,2,4,6,11H2,(H2,12,15)/t7-/m1/s1. The number of nitrogens with zero attached hydrogens (tertiary/aromatic N) is 2. The van der Waals surface area contributed by atoms with Crippen molar-refractivity contribution in [3.8, 4) is 0 Å². The van der Waals surface area contributed by atoms with Crippen molar-refractivity contribution in [1.29, 1.82) is 0 Å². The topological polar surface area (TPSA) is 94.5 Å². The van der Waals surface area contributed by atoms with Gasteiger partial charge in [0.2, 0.25) is 0 Å². The summed E-state index contributed by atoms with van der Waals surface area (Å²) in [6.45, 7) is 1.42. The van der Waals surface area contributed by atoms with Crippen molar-refractivity contribution >= 4 is 17.5 Å². The first kappa shape index (κ1) is 10.5. The minimum absolute atomic E-state index is 0.148. The van der Waals surface area contributed by atoms with Crippen LogP contribution in [-0.2, 0) is 4.74 Å².